The summed E-state index contributed by atoms with van der Waals surface area (Å²) in [5.41, 5.74) is 12.7. The van der Waals surface area contributed by atoms with E-state index in [2.05, 4.69) is 10.2 Å². The smallest absolute Gasteiger partial charge is 0.240 e. The van der Waals surface area contributed by atoms with Gasteiger partial charge in [0, 0.05) is 12.5 Å². The minimum absolute atomic E-state index is 0.0332. The van der Waals surface area contributed by atoms with Crippen LogP contribution in [0.15, 0.2) is 30.3 Å². The molecule has 17 heavy (non-hydrogen) atoms. The molecule has 0 aliphatic carbocycles. The van der Waals surface area contributed by atoms with E-state index in [4.69, 9.17) is 17.3 Å². The average Bonchev–Trinajstić information content (AvgIpc) is 2.68. The molecule has 1 unspecified atom stereocenters. The first-order valence-corrected chi connectivity index (χ1v) is 5.44. The van der Waals surface area contributed by atoms with E-state index in [1.165, 1.54) is 4.68 Å². The molecule has 6 heteroatoms. The van der Waals surface area contributed by atoms with Gasteiger partial charge in [-0.25, -0.2) is 4.68 Å². The molecule has 1 heterocycles. The first kappa shape index (κ1) is 11.4. The summed E-state index contributed by atoms with van der Waals surface area (Å²) < 4.78 is 1.29. The van der Waals surface area contributed by atoms with Gasteiger partial charge in [-0.15, -0.1) is 10.2 Å². The fraction of sp³-hybridized carbons (Fsp3) is 0.273. The van der Waals surface area contributed by atoms with Crippen molar-refractivity contribution in [3.63, 3.8) is 0 Å². The normalized spacial score (nSPS) is 12.5. The molecular weight excluding hydrogens is 216 g/mol. The van der Waals surface area contributed by atoms with Crippen LogP contribution in [0.3, 0.4) is 0 Å². The van der Waals surface area contributed by atoms with Crippen molar-refractivity contribution in [1.82, 2.24) is 14.9 Å². The molecule has 0 aliphatic rings. The van der Waals surface area contributed by atoms with Crippen molar-refractivity contribution in [2.45, 2.75) is 18.9 Å². The Labute approximate surface area is 99.4 Å². The molecule has 0 radical (unpaired) electrons. The van der Waals surface area contributed by atoms with E-state index in [0.29, 0.717) is 12.2 Å². The molecule has 0 aliphatic heterocycles. The molecule has 0 bridgehead atoms. The van der Waals surface area contributed by atoms with Crippen molar-refractivity contribution < 1.29 is 0 Å². The maximum atomic E-state index is 6.07. The summed E-state index contributed by atoms with van der Waals surface area (Å²) in [5, 5.41) is 7.58. The van der Waals surface area contributed by atoms with Crippen LogP contribution in [0.1, 0.15) is 23.9 Å². The van der Waals surface area contributed by atoms with Gasteiger partial charge in [-0.1, -0.05) is 30.3 Å². The SMILES string of the molecule is Nc1nnc(CCC(N)c2ccccc2)n1N. The standard InChI is InChI=1S/C11H16N6/c12-9(8-4-2-1-3-5-8)6-7-10-15-16-11(13)17(10)14/h1-5,9H,6-7,12,14H2,(H2,13,16). The number of nitrogen functional groups attached to an aromatic ring is 2. The largest absolute Gasteiger partial charge is 0.366 e. The Hall–Kier alpha value is -2.08. The predicted molar refractivity (Wildman–Crippen MR) is 66.3 cm³/mol. The highest BCUT2D eigenvalue weighted by molar-refractivity contribution is 5.20. The van der Waals surface area contributed by atoms with Gasteiger partial charge in [-0.2, -0.15) is 0 Å². The first-order chi connectivity index (χ1) is 8.18. The molecule has 0 saturated heterocycles. The number of anilines is 1. The number of benzene rings is 1. The maximum Gasteiger partial charge on any atom is 0.240 e. The van der Waals surface area contributed by atoms with Gasteiger partial charge < -0.3 is 17.3 Å². The maximum absolute atomic E-state index is 6.07. The monoisotopic (exact) mass is 232 g/mol. The summed E-state index contributed by atoms with van der Waals surface area (Å²) in [6.07, 6.45) is 1.40. The lowest BCUT2D eigenvalue weighted by atomic mass is 10.0. The lowest BCUT2D eigenvalue weighted by Crippen LogP contribution is -2.18. The number of aromatic nitrogens is 3. The lowest BCUT2D eigenvalue weighted by molar-refractivity contribution is 0.625. The summed E-state index contributed by atoms with van der Waals surface area (Å²) in [6.45, 7) is 0. The third kappa shape index (κ3) is 2.54. The summed E-state index contributed by atoms with van der Waals surface area (Å²) in [7, 11) is 0. The van der Waals surface area contributed by atoms with Crippen molar-refractivity contribution in [2.75, 3.05) is 11.6 Å². The number of nitrogens with two attached hydrogens (primary N) is 3. The molecule has 1 aromatic carbocycles. The molecule has 6 N–H and O–H groups in total. The molecule has 0 fully saturated rings. The fourth-order valence-corrected chi connectivity index (χ4v) is 1.66. The molecule has 1 atom stereocenters. The number of nitrogens with zero attached hydrogens (tertiary/aromatic N) is 3. The van der Waals surface area contributed by atoms with E-state index in [1.54, 1.807) is 0 Å². The molecular formula is C11H16N6. The van der Waals surface area contributed by atoms with Crippen LogP contribution in [0.4, 0.5) is 5.95 Å². The van der Waals surface area contributed by atoms with Gasteiger partial charge >= 0.3 is 0 Å². The van der Waals surface area contributed by atoms with E-state index in [0.717, 1.165) is 12.0 Å². The van der Waals surface area contributed by atoms with Crippen LogP contribution in [0, 0.1) is 0 Å². The number of hydrogen-bond acceptors (Lipinski definition) is 5. The van der Waals surface area contributed by atoms with Gasteiger partial charge in [0.15, 0.2) is 5.82 Å². The minimum atomic E-state index is -0.0332. The zero-order chi connectivity index (χ0) is 12.3. The second kappa shape index (κ2) is 4.84. The summed E-state index contributed by atoms with van der Waals surface area (Å²) >= 11 is 0. The van der Waals surface area contributed by atoms with Crippen molar-refractivity contribution in [3.8, 4) is 0 Å². The van der Waals surface area contributed by atoms with Crippen LogP contribution in [0.25, 0.3) is 0 Å². The van der Waals surface area contributed by atoms with Gasteiger partial charge in [-0.3, -0.25) is 0 Å². The molecule has 2 aromatic rings. The van der Waals surface area contributed by atoms with Crippen molar-refractivity contribution in [3.05, 3.63) is 41.7 Å². The molecule has 0 amide bonds. The fourth-order valence-electron chi connectivity index (χ4n) is 1.66. The molecule has 90 valence electrons. The Kier molecular flexibility index (Phi) is 3.24. The Bertz CT molecular complexity index is 478. The van der Waals surface area contributed by atoms with Gasteiger partial charge in [-0.05, 0) is 12.0 Å². The Balaban J connectivity index is 1.97. The lowest BCUT2D eigenvalue weighted by Gasteiger charge is -2.11. The van der Waals surface area contributed by atoms with E-state index in [9.17, 15) is 0 Å². The number of rotatable bonds is 4. The van der Waals surface area contributed by atoms with E-state index < -0.39 is 0 Å². The highest BCUT2D eigenvalue weighted by Gasteiger charge is 2.10. The zero-order valence-electron chi connectivity index (χ0n) is 9.45. The van der Waals surface area contributed by atoms with Gasteiger partial charge in [0.1, 0.15) is 0 Å². The van der Waals surface area contributed by atoms with Crippen molar-refractivity contribution in [1.29, 1.82) is 0 Å². The van der Waals surface area contributed by atoms with Crippen LogP contribution in [0.5, 0.6) is 0 Å². The Morgan fingerprint density at radius 2 is 1.88 bits per heavy atom. The second-order valence-corrected chi connectivity index (χ2v) is 3.90. The Morgan fingerprint density at radius 3 is 2.47 bits per heavy atom. The van der Waals surface area contributed by atoms with Crippen molar-refractivity contribution >= 4 is 5.95 Å². The Morgan fingerprint density at radius 1 is 1.18 bits per heavy atom. The van der Waals surface area contributed by atoms with Crippen molar-refractivity contribution in [2.24, 2.45) is 5.73 Å². The van der Waals surface area contributed by atoms with Gasteiger partial charge in [0.25, 0.3) is 0 Å². The van der Waals surface area contributed by atoms with E-state index in [1.807, 2.05) is 30.3 Å². The number of hydrogen-bond donors (Lipinski definition) is 3. The molecule has 6 nitrogen and oxygen atoms in total. The van der Waals surface area contributed by atoms with Crippen LogP contribution in [-0.2, 0) is 6.42 Å². The topological polar surface area (TPSA) is 109 Å². The highest BCUT2D eigenvalue weighted by atomic mass is 15.4. The van der Waals surface area contributed by atoms with Gasteiger partial charge in [0.05, 0.1) is 0 Å². The highest BCUT2D eigenvalue weighted by Crippen LogP contribution is 2.15. The summed E-state index contributed by atoms with van der Waals surface area (Å²) in [4.78, 5) is 0. The average molecular weight is 232 g/mol. The summed E-state index contributed by atoms with van der Waals surface area (Å²) in [6, 6.07) is 9.89. The van der Waals surface area contributed by atoms with Crippen LogP contribution >= 0.6 is 0 Å². The van der Waals surface area contributed by atoms with E-state index in [-0.39, 0.29) is 12.0 Å². The van der Waals surface area contributed by atoms with E-state index >= 15 is 0 Å². The predicted octanol–water partition coefficient (Wildman–Crippen LogP) is 0.207. The second-order valence-electron chi connectivity index (χ2n) is 3.90. The molecule has 0 saturated carbocycles. The third-order valence-electron chi connectivity index (χ3n) is 2.70. The summed E-state index contributed by atoms with van der Waals surface area (Å²) in [5.74, 6) is 6.52. The van der Waals surface area contributed by atoms with Crippen LogP contribution in [0.2, 0.25) is 0 Å². The molecule has 0 spiro atoms. The third-order valence-corrected chi connectivity index (χ3v) is 2.70. The molecule has 2 rings (SSSR count). The number of aryl methyl sites for hydroxylation is 1. The van der Waals surface area contributed by atoms with Crippen LogP contribution in [-0.4, -0.2) is 14.9 Å². The van der Waals surface area contributed by atoms with Gasteiger partial charge in [0.2, 0.25) is 5.95 Å². The van der Waals surface area contributed by atoms with Crippen LogP contribution < -0.4 is 17.3 Å². The quantitative estimate of drug-likeness (QED) is 0.653. The molecule has 1 aromatic heterocycles. The first-order valence-electron chi connectivity index (χ1n) is 5.44. The minimum Gasteiger partial charge on any atom is -0.366 e. The zero-order valence-corrected chi connectivity index (χ0v) is 9.45.